The molecule has 0 aliphatic carbocycles. The van der Waals surface area contributed by atoms with Gasteiger partial charge in [-0.1, -0.05) is 10.9 Å². The largest absolute Gasteiger partial charge is 0.188 e. The number of hydrogen-bond donors (Lipinski definition) is 0. The van der Waals surface area contributed by atoms with Gasteiger partial charge in [0.1, 0.15) is 0 Å². The number of allylic oxidation sites excluding steroid dienone is 2. The van der Waals surface area contributed by atoms with Crippen molar-refractivity contribution in [3.05, 3.63) is 24.1 Å². The maximum Gasteiger partial charge on any atom is 0.188 e. The molecule has 0 spiro atoms. The van der Waals surface area contributed by atoms with Crippen molar-refractivity contribution in [3.63, 3.8) is 0 Å². The molecule has 0 aromatic rings. The first kappa shape index (κ1) is 2.76. The Hall–Kier alpha value is -0.455. The molecule has 5 heavy (non-hydrogen) atoms. The standard InChI is InChI=1S/C4H4B/c1-3-4(2)5-3/h1-2H2. The maximum absolute atomic E-state index is 3.59. The van der Waals surface area contributed by atoms with Crippen LogP contribution in [0.1, 0.15) is 0 Å². The summed E-state index contributed by atoms with van der Waals surface area (Å²) in [6, 6.07) is 0. The summed E-state index contributed by atoms with van der Waals surface area (Å²) in [5.41, 5.74) is 2.20. The first-order chi connectivity index (χ1) is 2.30. The molecule has 1 rings (SSSR count). The van der Waals surface area contributed by atoms with E-state index in [4.69, 9.17) is 0 Å². The SMILES string of the molecule is C=C1[B]C1=C. The van der Waals surface area contributed by atoms with Crippen molar-refractivity contribution >= 4 is 7.28 Å². The highest BCUT2D eigenvalue weighted by Gasteiger charge is 2.15. The molecule has 0 unspecified atom stereocenters. The Morgan fingerprint density at radius 2 is 1.40 bits per heavy atom. The molecule has 0 bridgehead atoms. The van der Waals surface area contributed by atoms with E-state index in [-0.39, 0.29) is 0 Å². The minimum Gasteiger partial charge on any atom is -0.105 e. The molecule has 1 fully saturated rings. The molecule has 1 heterocycles. The van der Waals surface area contributed by atoms with E-state index in [0.29, 0.717) is 0 Å². The van der Waals surface area contributed by atoms with E-state index in [9.17, 15) is 0 Å². The van der Waals surface area contributed by atoms with Crippen LogP contribution in [0.2, 0.25) is 0 Å². The summed E-state index contributed by atoms with van der Waals surface area (Å²) in [4.78, 5) is 0. The van der Waals surface area contributed by atoms with Gasteiger partial charge in [0.2, 0.25) is 0 Å². The van der Waals surface area contributed by atoms with Gasteiger partial charge in [0.15, 0.2) is 7.28 Å². The van der Waals surface area contributed by atoms with E-state index in [2.05, 4.69) is 13.2 Å². The van der Waals surface area contributed by atoms with Crippen LogP contribution in [0.4, 0.5) is 0 Å². The summed E-state index contributed by atoms with van der Waals surface area (Å²) in [6.45, 7) is 7.19. The Morgan fingerprint density at radius 1 is 1.20 bits per heavy atom. The van der Waals surface area contributed by atoms with Gasteiger partial charge in [-0.25, -0.2) is 0 Å². The lowest BCUT2D eigenvalue weighted by molar-refractivity contribution is 2.15. The highest BCUT2D eigenvalue weighted by Crippen LogP contribution is 2.18. The molecule has 1 radical (unpaired) electrons. The molecular weight excluding hydrogens is 58.9 g/mol. The van der Waals surface area contributed by atoms with Crippen molar-refractivity contribution < 1.29 is 0 Å². The van der Waals surface area contributed by atoms with Gasteiger partial charge in [-0.15, -0.1) is 13.2 Å². The fourth-order valence-electron chi connectivity index (χ4n) is 0.174. The summed E-state index contributed by atoms with van der Waals surface area (Å²) in [6.07, 6.45) is 0. The Bertz CT molecular complexity index is 79.8. The van der Waals surface area contributed by atoms with Gasteiger partial charge >= 0.3 is 0 Å². The Labute approximate surface area is 32.4 Å². The maximum atomic E-state index is 3.59. The monoisotopic (exact) mass is 63.0 g/mol. The van der Waals surface area contributed by atoms with Crippen LogP contribution in [0.25, 0.3) is 0 Å². The van der Waals surface area contributed by atoms with E-state index >= 15 is 0 Å². The molecule has 23 valence electrons. The van der Waals surface area contributed by atoms with Crippen LogP contribution in [0.15, 0.2) is 24.1 Å². The van der Waals surface area contributed by atoms with Crippen LogP contribution in [0.5, 0.6) is 0 Å². The predicted octanol–water partition coefficient (Wildman–Crippen LogP) is 0.732. The molecule has 1 heteroatoms. The number of hydrogen-bond acceptors (Lipinski definition) is 0. The quantitative estimate of drug-likeness (QED) is 0.363. The second-order valence-corrected chi connectivity index (χ2v) is 1.19. The third-order valence-electron chi connectivity index (χ3n) is 0.678. The van der Waals surface area contributed by atoms with Gasteiger partial charge in [0.05, 0.1) is 0 Å². The van der Waals surface area contributed by atoms with Crippen molar-refractivity contribution in [2.75, 3.05) is 0 Å². The highest BCUT2D eigenvalue weighted by molar-refractivity contribution is 6.73. The van der Waals surface area contributed by atoms with Gasteiger partial charge in [-0.2, -0.15) is 0 Å². The van der Waals surface area contributed by atoms with Crippen molar-refractivity contribution in [1.29, 1.82) is 0 Å². The second-order valence-electron chi connectivity index (χ2n) is 1.19. The topological polar surface area (TPSA) is 0 Å². The van der Waals surface area contributed by atoms with Crippen LogP contribution >= 0.6 is 0 Å². The zero-order valence-corrected chi connectivity index (χ0v) is 2.99. The van der Waals surface area contributed by atoms with E-state index in [1.165, 1.54) is 0 Å². The van der Waals surface area contributed by atoms with E-state index in [1.54, 1.807) is 0 Å². The van der Waals surface area contributed by atoms with Gasteiger partial charge in [-0.3, -0.25) is 0 Å². The van der Waals surface area contributed by atoms with Gasteiger partial charge in [0.25, 0.3) is 0 Å². The summed E-state index contributed by atoms with van der Waals surface area (Å²) in [7, 11) is 1.94. The minimum absolute atomic E-state index is 1.10. The molecule has 0 aromatic heterocycles. The molecule has 0 saturated carbocycles. The van der Waals surface area contributed by atoms with Crippen molar-refractivity contribution in [1.82, 2.24) is 0 Å². The van der Waals surface area contributed by atoms with Crippen LogP contribution in [-0.4, -0.2) is 7.28 Å². The lowest BCUT2D eigenvalue weighted by Crippen LogP contribution is -1.32. The molecule has 0 atom stereocenters. The van der Waals surface area contributed by atoms with Gasteiger partial charge in [-0.05, 0) is 0 Å². The number of rotatable bonds is 0. The van der Waals surface area contributed by atoms with Crippen molar-refractivity contribution in [2.45, 2.75) is 0 Å². The predicted molar refractivity (Wildman–Crippen MR) is 24.0 cm³/mol. The minimum atomic E-state index is 1.10. The Morgan fingerprint density at radius 3 is 1.40 bits per heavy atom. The third-order valence-corrected chi connectivity index (χ3v) is 0.678. The molecule has 0 amide bonds. The van der Waals surface area contributed by atoms with Crippen molar-refractivity contribution in [2.24, 2.45) is 0 Å². The van der Waals surface area contributed by atoms with Crippen LogP contribution < -0.4 is 0 Å². The summed E-state index contributed by atoms with van der Waals surface area (Å²) in [5.74, 6) is 0. The van der Waals surface area contributed by atoms with Crippen LogP contribution in [0, 0.1) is 0 Å². The van der Waals surface area contributed by atoms with Crippen LogP contribution in [0.3, 0.4) is 0 Å². The van der Waals surface area contributed by atoms with E-state index < -0.39 is 0 Å². The normalized spacial score (nSPS) is 18.4. The highest BCUT2D eigenvalue weighted by atomic mass is 13.9. The Kier molecular flexibility index (Phi) is 0.296. The first-order valence-electron chi connectivity index (χ1n) is 1.53. The van der Waals surface area contributed by atoms with E-state index in [0.717, 1.165) is 10.9 Å². The smallest absolute Gasteiger partial charge is 0.105 e. The van der Waals surface area contributed by atoms with Gasteiger partial charge in [0, 0.05) is 0 Å². The zero-order valence-electron chi connectivity index (χ0n) is 2.99. The lowest BCUT2D eigenvalue weighted by Gasteiger charge is -1.46. The molecule has 1 aliphatic heterocycles. The van der Waals surface area contributed by atoms with Gasteiger partial charge < -0.3 is 0 Å². The van der Waals surface area contributed by atoms with Crippen molar-refractivity contribution in [3.8, 4) is 0 Å². The van der Waals surface area contributed by atoms with E-state index in [1.807, 2.05) is 7.28 Å². The molecule has 1 saturated heterocycles. The molecular formula is C4H4B. The second kappa shape index (κ2) is 0.536. The first-order valence-corrected chi connectivity index (χ1v) is 1.53. The summed E-state index contributed by atoms with van der Waals surface area (Å²) in [5, 5.41) is 0. The summed E-state index contributed by atoms with van der Waals surface area (Å²) < 4.78 is 0. The average molecular weight is 62.9 g/mol. The Balaban J connectivity index is 2.81. The molecule has 0 N–H and O–H groups in total. The summed E-state index contributed by atoms with van der Waals surface area (Å²) >= 11 is 0. The van der Waals surface area contributed by atoms with Crippen LogP contribution in [-0.2, 0) is 0 Å². The fourth-order valence-corrected chi connectivity index (χ4v) is 0.174. The fraction of sp³-hybridized carbons (Fsp3) is 0. The lowest BCUT2D eigenvalue weighted by atomic mass is 10.1. The average Bonchev–Trinajstić information content (AvgIpc) is 1.79. The zero-order chi connectivity index (χ0) is 3.86. The molecule has 0 aromatic carbocycles. The molecule has 0 nitrogen and oxygen atoms in total. The third kappa shape index (κ3) is 0.275. The molecule has 1 aliphatic rings.